The number of halogens is 3. The van der Waals surface area contributed by atoms with Crippen LogP contribution in [0.3, 0.4) is 0 Å². The van der Waals surface area contributed by atoms with Crippen LogP contribution in [0.5, 0.6) is 5.88 Å². The summed E-state index contributed by atoms with van der Waals surface area (Å²) in [7, 11) is 1.58. The number of nitrogens with one attached hydrogen (secondary N) is 4. The van der Waals surface area contributed by atoms with Gasteiger partial charge in [-0.2, -0.15) is 0 Å². The number of ether oxygens (including phenoxy) is 1. The van der Waals surface area contributed by atoms with E-state index in [1.165, 1.54) is 4.40 Å². The van der Waals surface area contributed by atoms with Crippen LogP contribution >= 0.6 is 34.8 Å². The second-order valence-electron chi connectivity index (χ2n) is 12.9. The summed E-state index contributed by atoms with van der Waals surface area (Å²) in [6, 6.07) is 16.8. The molecule has 2 aliphatic rings. The Kier molecular flexibility index (Phi) is 10.8. The lowest BCUT2D eigenvalue weighted by Crippen LogP contribution is -2.36. The van der Waals surface area contributed by atoms with Gasteiger partial charge in [0.15, 0.2) is 0 Å². The predicted molar refractivity (Wildman–Crippen MR) is 203 cm³/mol. The third-order valence-electron chi connectivity index (χ3n) is 9.41. The first-order chi connectivity index (χ1) is 25.2. The highest BCUT2D eigenvalue weighted by atomic mass is 35.5. The Balaban J connectivity index is 1.13. The third kappa shape index (κ3) is 7.65. The van der Waals surface area contributed by atoms with E-state index in [-0.39, 0.29) is 29.5 Å². The van der Waals surface area contributed by atoms with E-state index < -0.39 is 0 Å². The molecule has 11 nitrogen and oxygen atoms in total. The zero-order chi connectivity index (χ0) is 36.4. The highest BCUT2D eigenvalue weighted by Crippen LogP contribution is 2.44. The first-order valence-electron chi connectivity index (χ1n) is 17.0. The maximum Gasteiger partial charge on any atom is 0.262 e. The summed E-state index contributed by atoms with van der Waals surface area (Å²) >= 11 is 20.9. The molecule has 2 atom stereocenters. The van der Waals surface area contributed by atoms with Crippen molar-refractivity contribution in [1.29, 1.82) is 0 Å². The Morgan fingerprint density at radius 2 is 1.46 bits per heavy atom. The monoisotopic (exact) mass is 759 g/mol. The van der Waals surface area contributed by atoms with Crippen molar-refractivity contribution >= 4 is 52.3 Å². The summed E-state index contributed by atoms with van der Waals surface area (Å²) < 4.78 is 7.14. The topological polar surface area (TPSA) is 139 Å². The molecule has 5 heterocycles. The van der Waals surface area contributed by atoms with Crippen molar-refractivity contribution in [2.45, 2.75) is 50.9 Å². The Morgan fingerprint density at radius 1 is 0.808 bits per heavy atom. The fourth-order valence-corrected chi connectivity index (χ4v) is 7.55. The molecule has 5 aromatic rings. The molecule has 2 saturated heterocycles. The normalized spacial score (nSPS) is 17.1. The largest absolute Gasteiger partial charge is 0.481 e. The maximum atomic E-state index is 13.3. The second kappa shape index (κ2) is 15.6. The Hall–Kier alpha value is -4.52. The summed E-state index contributed by atoms with van der Waals surface area (Å²) in [5.74, 6) is 0.606. The average Bonchev–Trinajstić information content (AvgIpc) is 3.76. The van der Waals surface area contributed by atoms with Crippen molar-refractivity contribution in [3.05, 3.63) is 104 Å². The quantitative estimate of drug-likeness (QED) is 0.125. The molecular formula is C38H36Cl3N7O4. The Labute approximate surface area is 315 Å². The van der Waals surface area contributed by atoms with Crippen LogP contribution in [-0.2, 0) is 22.7 Å². The molecule has 3 aromatic heterocycles. The van der Waals surface area contributed by atoms with E-state index in [4.69, 9.17) is 44.5 Å². The van der Waals surface area contributed by atoms with Gasteiger partial charge in [0.25, 0.3) is 5.56 Å². The summed E-state index contributed by atoms with van der Waals surface area (Å²) in [5.41, 5.74) is 5.65. The number of benzene rings is 2. The van der Waals surface area contributed by atoms with Crippen LogP contribution in [0.25, 0.3) is 39.2 Å². The highest BCUT2D eigenvalue weighted by molar-refractivity contribution is 6.40. The van der Waals surface area contributed by atoms with Gasteiger partial charge in [-0.25, -0.2) is 9.97 Å². The van der Waals surface area contributed by atoms with Crippen LogP contribution in [0.2, 0.25) is 15.1 Å². The molecule has 0 bridgehead atoms. The molecule has 2 amide bonds. The smallest absolute Gasteiger partial charge is 0.262 e. The van der Waals surface area contributed by atoms with E-state index in [9.17, 15) is 14.4 Å². The number of hydrogen-bond donors (Lipinski definition) is 4. The van der Waals surface area contributed by atoms with E-state index >= 15 is 0 Å². The van der Waals surface area contributed by atoms with Gasteiger partial charge in [-0.05, 0) is 48.7 Å². The van der Waals surface area contributed by atoms with Crippen LogP contribution in [0.1, 0.15) is 36.8 Å². The van der Waals surface area contributed by atoms with Crippen LogP contribution < -0.4 is 31.6 Å². The number of pyridine rings is 2. The molecule has 7 rings (SSSR count). The van der Waals surface area contributed by atoms with Crippen molar-refractivity contribution in [2.24, 2.45) is 0 Å². The molecule has 14 heteroatoms. The summed E-state index contributed by atoms with van der Waals surface area (Å²) in [6.07, 6.45) is 5.92. The molecular weight excluding hydrogens is 725 g/mol. The Morgan fingerprint density at radius 3 is 2.13 bits per heavy atom. The minimum Gasteiger partial charge on any atom is -0.481 e. The second-order valence-corrected chi connectivity index (χ2v) is 14.1. The number of hydrogen-bond acceptors (Lipinski definition) is 8. The number of fused-ring (bicyclic) bond motifs is 1. The molecule has 2 unspecified atom stereocenters. The number of aromatic nitrogens is 3. The zero-order valence-electron chi connectivity index (χ0n) is 28.3. The van der Waals surface area contributed by atoms with E-state index in [1.54, 1.807) is 43.8 Å². The fraction of sp³-hybridized carbons (Fsp3) is 0.289. The number of rotatable bonds is 12. The number of methoxy groups -OCH3 is 1. The van der Waals surface area contributed by atoms with E-state index in [1.807, 2.05) is 30.3 Å². The fourth-order valence-electron chi connectivity index (χ4n) is 6.69. The van der Waals surface area contributed by atoms with Gasteiger partial charge in [0.1, 0.15) is 5.65 Å². The zero-order valence-corrected chi connectivity index (χ0v) is 30.5. The lowest BCUT2D eigenvalue weighted by molar-refractivity contribution is -0.120. The number of carbonyl (C=O) groups is 2. The van der Waals surface area contributed by atoms with Gasteiger partial charge in [0.05, 0.1) is 22.8 Å². The molecule has 2 aromatic carbocycles. The van der Waals surface area contributed by atoms with Crippen LogP contribution in [0.4, 0.5) is 0 Å². The van der Waals surface area contributed by atoms with Gasteiger partial charge in [-0.15, -0.1) is 0 Å². The van der Waals surface area contributed by atoms with E-state index in [2.05, 4.69) is 26.3 Å². The Bertz CT molecular complexity index is 2250. The van der Waals surface area contributed by atoms with Gasteiger partial charge in [-0.3, -0.25) is 18.8 Å². The first-order valence-corrected chi connectivity index (χ1v) is 18.1. The van der Waals surface area contributed by atoms with E-state index in [0.29, 0.717) is 99.1 Å². The molecule has 0 radical (unpaired) electrons. The SMILES string of the molecule is COc1nc(-c2cccc(-c3cc(Cl)cc(-c4ccn5c(=O)c(CNCC6CCC(=O)N6)cnc5c4)c3Cl)c2Cl)ccc1CNCC1CCC(=O)N1. The van der Waals surface area contributed by atoms with Crippen molar-refractivity contribution in [1.82, 2.24) is 35.6 Å². The minimum absolute atomic E-state index is 0.0526. The summed E-state index contributed by atoms with van der Waals surface area (Å²) in [4.78, 5) is 45.6. The molecule has 268 valence electrons. The molecule has 0 spiro atoms. The van der Waals surface area contributed by atoms with Crippen LogP contribution in [0, 0.1) is 0 Å². The number of carbonyl (C=O) groups excluding carboxylic acids is 2. The van der Waals surface area contributed by atoms with Crippen molar-refractivity contribution in [3.63, 3.8) is 0 Å². The van der Waals surface area contributed by atoms with Crippen molar-refractivity contribution in [3.8, 4) is 39.4 Å². The molecule has 2 aliphatic heterocycles. The number of amides is 2. The summed E-state index contributed by atoms with van der Waals surface area (Å²) in [5, 5.41) is 13.8. The molecule has 2 fully saturated rings. The highest BCUT2D eigenvalue weighted by Gasteiger charge is 2.22. The molecule has 52 heavy (non-hydrogen) atoms. The summed E-state index contributed by atoms with van der Waals surface area (Å²) in [6.45, 7) is 2.09. The third-order valence-corrected chi connectivity index (χ3v) is 10.4. The molecule has 0 saturated carbocycles. The van der Waals surface area contributed by atoms with Crippen LogP contribution in [-0.4, -0.2) is 58.5 Å². The van der Waals surface area contributed by atoms with Gasteiger partial charge in [0, 0.05) is 102 Å². The lowest BCUT2D eigenvalue weighted by Gasteiger charge is -2.16. The number of nitrogens with zero attached hydrogens (tertiary/aromatic N) is 3. The predicted octanol–water partition coefficient (Wildman–Crippen LogP) is 5.80. The van der Waals surface area contributed by atoms with Gasteiger partial charge >= 0.3 is 0 Å². The molecule has 0 aliphatic carbocycles. The minimum atomic E-state index is -0.186. The maximum absolute atomic E-state index is 13.3. The average molecular weight is 761 g/mol. The van der Waals surface area contributed by atoms with Crippen molar-refractivity contribution in [2.75, 3.05) is 20.2 Å². The lowest BCUT2D eigenvalue weighted by atomic mass is 9.97. The first kappa shape index (κ1) is 35.9. The van der Waals surface area contributed by atoms with Gasteiger partial charge in [0.2, 0.25) is 17.7 Å². The van der Waals surface area contributed by atoms with Gasteiger partial charge < -0.3 is 26.0 Å². The van der Waals surface area contributed by atoms with E-state index in [0.717, 1.165) is 24.0 Å². The van der Waals surface area contributed by atoms with Crippen molar-refractivity contribution < 1.29 is 14.3 Å². The van der Waals surface area contributed by atoms with Crippen LogP contribution in [0.15, 0.2) is 71.8 Å². The standard InChI is InChI=1S/C38H36Cl3N7O4/c1-52-37-22(16-42-19-25-6-9-33(49)45-25)5-8-31(47-37)28-4-2-3-27(35(28)40)30-15-24(39)14-29(36(30)41)21-11-12-48-32(13-21)44-18-23(38(48)51)17-43-20-26-7-10-34(50)46-26/h2-5,8,11-15,18,25-26,42-43H,6-7,9-10,16-17,19-20H2,1H3,(H,45,49)(H,46,50). The molecule has 4 N–H and O–H groups in total. The van der Waals surface area contributed by atoms with Gasteiger partial charge in [-0.1, -0.05) is 59.1 Å².